The highest BCUT2D eigenvalue weighted by molar-refractivity contribution is 7.13. The molecule has 7 nitrogen and oxygen atoms in total. The van der Waals surface area contributed by atoms with Crippen molar-refractivity contribution in [3.05, 3.63) is 59.1 Å². The van der Waals surface area contributed by atoms with Gasteiger partial charge in [0.25, 0.3) is 11.8 Å². The molecule has 0 spiro atoms. The van der Waals surface area contributed by atoms with E-state index in [1.54, 1.807) is 11.4 Å². The number of aromatic nitrogens is 1. The van der Waals surface area contributed by atoms with Crippen molar-refractivity contribution < 1.29 is 14.3 Å². The van der Waals surface area contributed by atoms with Crippen molar-refractivity contribution in [2.75, 3.05) is 31.2 Å². The van der Waals surface area contributed by atoms with Crippen LogP contribution >= 0.6 is 11.3 Å². The van der Waals surface area contributed by atoms with E-state index >= 15 is 0 Å². The van der Waals surface area contributed by atoms with E-state index in [9.17, 15) is 9.59 Å². The molecule has 1 aromatic heterocycles. The van der Waals surface area contributed by atoms with E-state index in [0.29, 0.717) is 18.8 Å². The number of hydrogen-bond donors (Lipinski definition) is 2. The SMILES string of the molecule is O=C(NNC(=O)c1cccc2ccccc12)c1csc(N2CCOCC2)n1. The number of amides is 2. The summed E-state index contributed by atoms with van der Waals surface area (Å²) in [6, 6.07) is 13.1. The van der Waals surface area contributed by atoms with Crippen LogP contribution in [0.15, 0.2) is 47.8 Å². The van der Waals surface area contributed by atoms with Gasteiger partial charge in [0.15, 0.2) is 5.13 Å². The Balaban J connectivity index is 1.41. The minimum absolute atomic E-state index is 0.278. The Labute approximate surface area is 159 Å². The van der Waals surface area contributed by atoms with Crippen molar-refractivity contribution in [2.24, 2.45) is 0 Å². The average molecular weight is 382 g/mol. The van der Waals surface area contributed by atoms with Crippen LogP contribution in [-0.4, -0.2) is 43.1 Å². The van der Waals surface area contributed by atoms with Crippen LogP contribution in [0.1, 0.15) is 20.8 Å². The van der Waals surface area contributed by atoms with Gasteiger partial charge < -0.3 is 9.64 Å². The number of thiazole rings is 1. The van der Waals surface area contributed by atoms with Crippen LogP contribution in [0.25, 0.3) is 10.8 Å². The summed E-state index contributed by atoms with van der Waals surface area (Å²) in [5.41, 5.74) is 5.69. The summed E-state index contributed by atoms with van der Waals surface area (Å²) >= 11 is 1.40. The van der Waals surface area contributed by atoms with Gasteiger partial charge in [-0.25, -0.2) is 4.98 Å². The molecule has 1 aliphatic rings. The highest BCUT2D eigenvalue weighted by atomic mass is 32.1. The minimum Gasteiger partial charge on any atom is -0.378 e. The summed E-state index contributed by atoms with van der Waals surface area (Å²) in [4.78, 5) is 31.2. The molecule has 1 aliphatic heterocycles. The summed E-state index contributed by atoms with van der Waals surface area (Å²) in [7, 11) is 0. The highest BCUT2D eigenvalue weighted by Crippen LogP contribution is 2.21. The molecule has 27 heavy (non-hydrogen) atoms. The van der Waals surface area contributed by atoms with Gasteiger partial charge in [-0.15, -0.1) is 11.3 Å². The van der Waals surface area contributed by atoms with Gasteiger partial charge in [0, 0.05) is 24.0 Å². The largest absolute Gasteiger partial charge is 0.378 e. The van der Waals surface area contributed by atoms with Crippen LogP contribution in [0.5, 0.6) is 0 Å². The molecule has 0 saturated carbocycles. The normalized spacial score (nSPS) is 14.1. The van der Waals surface area contributed by atoms with Gasteiger partial charge >= 0.3 is 0 Å². The van der Waals surface area contributed by atoms with Crippen molar-refractivity contribution in [3.8, 4) is 0 Å². The lowest BCUT2D eigenvalue weighted by Crippen LogP contribution is -2.42. The number of hydrogen-bond acceptors (Lipinski definition) is 6. The molecule has 0 atom stereocenters. The van der Waals surface area contributed by atoms with Gasteiger partial charge in [-0.2, -0.15) is 0 Å². The maximum atomic E-state index is 12.5. The number of nitrogens with zero attached hydrogens (tertiary/aromatic N) is 2. The highest BCUT2D eigenvalue weighted by Gasteiger charge is 2.18. The number of ether oxygens (including phenoxy) is 1. The van der Waals surface area contributed by atoms with Crippen LogP contribution in [0.3, 0.4) is 0 Å². The number of anilines is 1. The molecule has 8 heteroatoms. The quantitative estimate of drug-likeness (QED) is 0.679. The molecule has 2 aromatic carbocycles. The maximum Gasteiger partial charge on any atom is 0.289 e. The van der Waals surface area contributed by atoms with E-state index in [0.717, 1.165) is 29.0 Å². The molecule has 1 fully saturated rings. The molecule has 3 aromatic rings. The molecule has 0 radical (unpaired) electrons. The average Bonchev–Trinajstić information content (AvgIpc) is 3.22. The van der Waals surface area contributed by atoms with Gasteiger partial charge in [-0.05, 0) is 16.8 Å². The summed E-state index contributed by atoms with van der Waals surface area (Å²) in [6.45, 7) is 2.82. The van der Waals surface area contributed by atoms with Crippen LogP contribution in [-0.2, 0) is 4.74 Å². The Morgan fingerprint density at radius 3 is 2.59 bits per heavy atom. The van der Waals surface area contributed by atoms with E-state index in [2.05, 4.69) is 20.7 Å². The third-order valence-electron chi connectivity index (χ3n) is 4.33. The first-order valence-electron chi connectivity index (χ1n) is 8.59. The van der Waals surface area contributed by atoms with Gasteiger partial charge in [0.1, 0.15) is 5.69 Å². The molecular formula is C19H18N4O3S. The lowest BCUT2D eigenvalue weighted by molar-refractivity contribution is 0.0845. The Kier molecular flexibility index (Phi) is 4.99. The number of carbonyl (C=O) groups is 2. The molecule has 0 aliphatic carbocycles. The number of rotatable bonds is 3. The Morgan fingerprint density at radius 2 is 1.74 bits per heavy atom. The molecule has 0 bridgehead atoms. The van der Waals surface area contributed by atoms with Crippen LogP contribution < -0.4 is 15.8 Å². The van der Waals surface area contributed by atoms with Crippen molar-refractivity contribution in [1.29, 1.82) is 0 Å². The predicted octanol–water partition coefficient (Wildman–Crippen LogP) is 2.21. The third kappa shape index (κ3) is 3.76. The van der Waals surface area contributed by atoms with Crippen LogP contribution in [0.2, 0.25) is 0 Å². The fraction of sp³-hybridized carbons (Fsp3) is 0.211. The second kappa shape index (κ2) is 7.73. The first kappa shape index (κ1) is 17.4. The smallest absolute Gasteiger partial charge is 0.289 e. The second-order valence-electron chi connectivity index (χ2n) is 6.05. The predicted molar refractivity (Wildman–Crippen MR) is 104 cm³/mol. The maximum absolute atomic E-state index is 12.5. The van der Waals surface area contributed by atoms with Gasteiger partial charge in [-0.1, -0.05) is 36.4 Å². The summed E-state index contributed by atoms with van der Waals surface area (Å²) < 4.78 is 5.32. The zero-order valence-corrected chi connectivity index (χ0v) is 15.3. The number of benzene rings is 2. The lowest BCUT2D eigenvalue weighted by Gasteiger charge is -2.25. The first-order chi connectivity index (χ1) is 13.2. The fourth-order valence-corrected chi connectivity index (χ4v) is 3.80. The molecule has 2 amide bonds. The van der Waals surface area contributed by atoms with Crippen molar-refractivity contribution in [3.63, 3.8) is 0 Å². The van der Waals surface area contributed by atoms with E-state index in [4.69, 9.17) is 4.74 Å². The Morgan fingerprint density at radius 1 is 1.00 bits per heavy atom. The van der Waals surface area contributed by atoms with Crippen LogP contribution in [0, 0.1) is 0 Å². The van der Waals surface area contributed by atoms with E-state index in [-0.39, 0.29) is 11.6 Å². The monoisotopic (exact) mass is 382 g/mol. The summed E-state index contributed by atoms with van der Waals surface area (Å²) in [6.07, 6.45) is 0. The zero-order valence-electron chi connectivity index (χ0n) is 14.5. The molecule has 2 heterocycles. The van der Waals surface area contributed by atoms with E-state index < -0.39 is 5.91 Å². The van der Waals surface area contributed by atoms with Crippen LogP contribution in [0.4, 0.5) is 5.13 Å². The number of hydrazine groups is 1. The minimum atomic E-state index is -0.445. The summed E-state index contributed by atoms with van der Waals surface area (Å²) in [5, 5.41) is 4.26. The van der Waals surface area contributed by atoms with Gasteiger partial charge in [0.2, 0.25) is 0 Å². The number of fused-ring (bicyclic) bond motifs is 1. The van der Waals surface area contributed by atoms with E-state index in [1.165, 1.54) is 11.3 Å². The zero-order chi connectivity index (χ0) is 18.6. The fourth-order valence-electron chi connectivity index (χ4n) is 2.94. The van der Waals surface area contributed by atoms with Crippen molar-refractivity contribution in [1.82, 2.24) is 15.8 Å². The summed E-state index contributed by atoms with van der Waals surface area (Å²) in [5.74, 6) is -0.817. The van der Waals surface area contributed by atoms with Crippen molar-refractivity contribution in [2.45, 2.75) is 0 Å². The number of nitrogens with one attached hydrogen (secondary N) is 2. The second-order valence-corrected chi connectivity index (χ2v) is 6.89. The molecular weight excluding hydrogens is 364 g/mol. The standard InChI is InChI=1S/C19H18N4O3S/c24-17(15-7-3-5-13-4-1-2-6-14(13)15)21-22-18(25)16-12-27-19(20-16)23-8-10-26-11-9-23/h1-7,12H,8-11H2,(H,21,24)(H,22,25). The molecule has 138 valence electrons. The number of carbonyl (C=O) groups excluding carboxylic acids is 2. The van der Waals surface area contributed by atoms with Gasteiger partial charge in [-0.3, -0.25) is 20.4 Å². The number of morpholine rings is 1. The molecule has 4 rings (SSSR count). The Bertz CT molecular complexity index is 977. The molecule has 2 N–H and O–H groups in total. The first-order valence-corrected chi connectivity index (χ1v) is 9.47. The van der Waals surface area contributed by atoms with Gasteiger partial charge in [0.05, 0.1) is 13.2 Å². The molecule has 1 saturated heterocycles. The third-order valence-corrected chi connectivity index (χ3v) is 5.23. The topological polar surface area (TPSA) is 83.6 Å². The Hall–Kier alpha value is -2.97. The van der Waals surface area contributed by atoms with E-state index in [1.807, 2.05) is 36.4 Å². The van der Waals surface area contributed by atoms with Crippen molar-refractivity contribution >= 4 is 39.1 Å². The lowest BCUT2D eigenvalue weighted by atomic mass is 10.0. The molecule has 0 unspecified atom stereocenters.